The number of thioether (sulfide) groups is 1. The Balaban J connectivity index is 1.58. The van der Waals surface area contributed by atoms with E-state index in [1.165, 1.54) is 24.0 Å². The Hall–Kier alpha value is -1.38. The number of nitrogens with one attached hydrogen (secondary N) is 1. The molecule has 1 N–H and O–H groups in total. The largest absolute Gasteiger partial charge is 0.468 e. The molecule has 2 aromatic heterocycles. The van der Waals surface area contributed by atoms with Crippen molar-refractivity contribution < 1.29 is 9.53 Å². The third kappa shape index (κ3) is 3.35. The molecule has 0 radical (unpaired) electrons. The predicted molar refractivity (Wildman–Crippen MR) is 100 cm³/mol. The lowest BCUT2D eigenvalue weighted by molar-refractivity contribution is -0.140. The van der Waals surface area contributed by atoms with E-state index in [1.54, 1.807) is 23.1 Å². The lowest BCUT2D eigenvalue weighted by Crippen LogP contribution is -2.41. The molecule has 0 aromatic carbocycles. The molecule has 0 saturated carbocycles. The quantitative estimate of drug-likeness (QED) is 0.822. The minimum Gasteiger partial charge on any atom is -0.468 e. The van der Waals surface area contributed by atoms with Gasteiger partial charge >= 0.3 is 5.97 Å². The molecule has 4 rings (SSSR count). The molecule has 25 heavy (non-hydrogen) atoms. The lowest BCUT2D eigenvalue weighted by atomic mass is 9.97. The summed E-state index contributed by atoms with van der Waals surface area (Å²) in [5, 5.41) is 0.633. The molecule has 1 aliphatic carbocycles. The van der Waals surface area contributed by atoms with Crippen LogP contribution in [0.25, 0.3) is 10.2 Å². The number of H-pyrrole nitrogens is 1. The van der Waals surface area contributed by atoms with E-state index < -0.39 is 0 Å². The topological polar surface area (TPSA) is 75.3 Å². The van der Waals surface area contributed by atoms with Crippen LogP contribution in [0.3, 0.4) is 0 Å². The molecular formula is C17H21N3O3S2. The van der Waals surface area contributed by atoms with Crippen LogP contribution in [0.5, 0.6) is 0 Å². The van der Waals surface area contributed by atoms with Crippen molar-refractivity contribution in [2.75, 3.05) is 26.0 Å². The fourth-order valence-electron chi connectivity index (χ4n) is 3.62. The van der Waals surface area contributed by atoms with Crippen molar-refractivity contribution in [1.82, 2.24) is 14.9 Å². The third-order valence-electron chi connectivity index (χ3n) is 4.86. The van der Waals surface area contributed by atoms with Crippen molar-refractivity contribution in [3.8, 4) is 0 Å². The van der Waals surface area contributed by atoms with Crippen LogP contribution in [-0.2, 0) is 28.9 Å². The number of aromatic nitrogens is 2. The van der Waals surface area contributed by atoms with Gasteiger partial charge in [0.05, 0.1) is 19.0 Å². The Kier molecular flexibility index (Phi) is 4.84. The van der Waals surface area contributed by atoms with Gasteiger partial charge in [0.15, 0.2) is 0 Å². The van der Waals surface area contributed by atoms with E-state index in [0.717, 1.165) is 41.8 Å². The molecule has 6 nitrogen and oxygen atoms in total. The average molecular weight is 380 g/mol. The second kappa shape index (κ2) is 7.09. The van der Waals surface area contributed by atoms with Gasteiger partial charge in [0.25, 0.3) is 5.56 Å². The lowest BCUT2D eigenvalue weighted by Gasteiger charge is -2.30. The van der Waals surface area contributed by atoms with Gasteiger partial charge in [0.2, 0.25) is 0 Å². The van der Waals surface area contributed by atoms with Crippen LogP contribution in [0.1, 0.15) is 29.1 Å². The summed E-state index contributed by atoms with van der Waals surface area (Å²) in [6.45, 7) is 2.06. The van der Waals surface area contributed by atoms with Crippen LogP contribution in [-0.4, -0.2) is 52.0 Å². The highest BCUT2D eigenvalue weighted by Crippen LogP contribution is 2.33. The van der Waals surface area contributed by atoms with Crippen LogP contribution in [0, 0.1) is 0 Å². The summed E-state index contributed by atoms with van der Waals surface area (Å²) in [4.78, 5) is 36.4. The van der Waals surface area contributed by atoms with Gasteiger partial charge in [-0.2, -0.15) is 0 Å². The first-order valence-corrected chi connectivity index (χ1v) is 10.5. The van der Waals surface area contributed by atoms with Crippen LogP contribution in [0.15, 0.2) is 4.79 Å². The van der Waals surface area contributed by atoms with Crippen molar-refractivity contribution in [1.29, 1.82) is 0 Å². The molecular weight excluding hydrogens is 358 g/mol. The molecule has 2 aromatic rings. The highest BCUT2D eigenvalue weighted by Gasteiger charge is 2.28. The van der Waals surface area contributed by atoms with Crippen LogP contribution in [0.2, 0.25) is 0 Å². The summed E-state index contributed by atoms with van der Waals surface area (Å²) in [7, 11) is 1.42. The predicted octanol–water partition coefficient (Wildman–Crippen LogP) is 1.95. The summed E-state index contributed by atoms with van der Waals surface area (Å²) in [6.07, 6.45) is 4.41. The average Bonchev–Trinajstić information content (AvgIpc) is 3.00. The minimum absolute atomic E-state index is 0.0182. The number of nitrogens with zero attached hydrogens (tertiary/aromatic N) is 2. The molecule has 1 saturated heterocycles. The fourth-order valence-corrected chi connectivity index (χ4v) is 6.09. The fraction of sp³-hybridized carbons (Fsp3) is 0.588. The first-order valence-electron chi connectivity index (χ1n) is 8.61. The van der Waals surface area contributed by atoms with E-state index >= 15 is 0 Å². The highest BCUT2D eigenvalue weighted by molar-refractivity contribution is 8.00. The third-order valence-corrected chi connectivity index (χ3v) is 7.21. The second-order valence-corrected chi connectivity index (χ2v) is 8.92. The first-order chi connectivity index (χ1) is 12.2. The Morgan fingerprint density at radius 3 is 3.08 bits per heavy atom. The number of thiophene rings is 1. The van der Waals surface area contributed by atoms with Crippen molar-refractivity contribution in [2.45, 2.75) is 37.5 Å². The van der Waals surface area contributed by atoms with Crippen molar-refractivity contribution in [2.24, 2.45) is 0 Å². The SMILES string of the molecule is COC(=O)[C@@H]1CN(Cc2nc3sc4c(c3c(=O)[nH]2)CCCC4)CCS1. The molecule has 134 valence electrons. The number of ether oxygens (including phenoxy) is 1. The monoisotopic (exact) mass is 379 g/mol. The van der Waals surface area contributed by atoms with Crippen molar-refractivity contribution >= 4 is 39.3 Å². The van der Waals surface area contributed by atoms with E-state index in [0.29, 0.717) is 18.9 Å². The van der Waals surface area contributed by atoms with Gasteiger partial charge in [0, 0.05) is 23.7 Å². The van der Waals surface area contributed by atoms with E-state index in [-0.39, 0.29) is 16.8 Å². The molecule has 0 amide bonds. The van der Waals surface area contributed by atoms with Gasteiger partial charge in [-0.15, -0.1) is 23.1 Å². The van der Waals surface area contributed by atoms with Crippen LogP contribution < -0.4 is 5.56 Å². The van der Waals surface area contributed by atoms with Crippen molar-refractivity contribution in [3.63, 3.8) is 0 Å². The number of hydrogen-bond acceptors (Lipinski definition) is 7. The van der Waals surface area contributed by atoms with Gasteiger partial charge in [-0.3, -0.25) is 14.5 Å². The van der Waals surface area contributed by atoms with Gasteiger partial charge < -0.3 is 9.72 Å². The molecule has 0 spiro atoms. The second-order valence-electron chi connectivity index (χ2n) is 6.52. The Morgan fingerprint density at radius 1 is 1.40 bits per heavy atom. The van der Waals surface area contributed by atoms with Crippen molar-refractivity contribution in [3.05, 3.63) is 26.6 Å². The van der Waals surface area contributed by atoms with Crippen LogP contribution in [0.4, 0.5) is 0 Å². The number of esters is 1. The number of carbonyl (C=O) groups excluding carboxylic acids is 1. The maximum atomic E-state index is 12.6. The Morgan fingerprint density at radius 2 is 2.24 bits per heavy atom. The standard InChI is InChI=1S/C17H21N3O3S2/c1-23-17(22)12-8-20(6-7-24-12)9-13-18-15(21)14-10-4-2-3-5-11(10)25-16(14)19-13/h12H,2-9H2,1H3,(H,18,19,21)/t12-/m0/s1. The molecule has 0 bridgehead atoms. The van der Waals surface area contributed by atoms with E-state index in [4.69, 9.17) is 9.72 Å². The maximum Gasteiger partial charge on any atom is 0.320 e. The molecule has 3 heterocycles. The number of fused-ring (bicyclic) bond motifs is 3. The molecule has 8 heteroatoms. The Bertz CT molecular complexity index is 861. The van der Waals surface area contributed by atoms with Crippen LogP contribution >= 0.6 is 23.1 Å². The first kappa shape index (κ1) is 17.1. The summed E-state index contributed by atoms with van der Waals surface area (Å²) in [6, 6.07) is 0. The summed E-state index contributed by atoms with van der Waals surface area (Å²) >= 11 is 3.30. The summed E-state index contributed by atoms with van der Waals surface area (Å²) < 4.78 is 4.85. The number of aromatic amines is 1. The molecule has 0 unspecified atom stereocenters. The highest BCUT2D eigenvalue weighted by atomic mass is 32.2. The molecule has 2 aliphatic rings. The number of rotatable bonds is 3. The van der Waals surface area contributed by atoms with Gasteiger partial charge in [-0.05, 0) is 31.2 Å². The number of carbonyl (C=O) groups is 1. The molecule has 1 aliphatic heterocycles. The normalized spacial score (nSPS) is 21.2. The summed E-state index contributed by atoms with van der Waals surface area (Å²) in [5.41, 5.74) is 1.20. The molecule has 1 fully saturated rings. The maximum absolute atomic E-state index is 12.6. The van der Waals surface area contributed by atoms with Gasteiger partial charge in [-0.1, -0.05) is 0 Å². The zero-order valence-corrected chi connectivity index (χ0v) is 15.8. The zero-order valence-electron chi connectivity index (χ0n) is 14.2. The van der Waals surface area contributed by atoms with Gasteiger partial charge in [-0.25, -0.2) is 4.98 Å². The Labute approximate surface area is 154 Å². The van der Waals surface area contributed by atoms with E-state index in [2.05, 4.69) is 9.88 Å². The van der Waals surface area contributed by atoms with Gasteiger partial charge in [0.1, 0.15) is 15.9 Å². The molecule has 1 atom stereocenters. The minimum atomic E-state index is -0.183. The number of methoxy groups -OCH3 is 1. The summed E-state index contributed by atoms with van der Waals surface area (Å²) in [5.74, 6) is 1.38. The van der Waals surface area contributed by atoms with E-state index in [1.807, 2.05) is 0 Å². The smallest absolute Gasteiger partial charge is 0.320 e. The van der Waals surface area contributed by atoms with E-state index in [9.17, 15) is 9.59 Å². The number of hydrogen-bond donors (Lipinski definition) is 1. The zero-order chi connectivity index (χ0) is 17.4. The number of aryl methyl sites for hydroxylation is 2.